The average Bonchev–Trinajstić information content (AvgIpc) is 2.47. The van der Waals surface area contributed by atoms with Crippen molar-refractivity contribution < 1.29 is 9.47 Å². The van der Waals surface area contributed by atoms with Crippen molar-refractivity contribution in [2.75, 3.05) is 19.8 Å². The predicted octanol–water partition coefficient (Wildman–Crippen LogP) is 4.70. The van der Waals surface area contributed by atoms with Crippen LogP contribution >= 0.6 is 15.9 Å². The Morgan fingerprint density at radius 1 is 1.19 bits per heavy atom. The lowest BCUT2D eigenvalue weighted by molar-refractivity contribution is 0.170. The maximum Gasteiger partial charge on any atom is 0.162 e. The monoisotopic (exact) mass is 355 g/mol. The first-order valence-corrected chi connectivity index (χ1v) is 8.61. The molecule has 0 saturated heterocycles. The van der Waals surface area contributed by atoms with E-state index >= 15 is 0 Å². The maximum absolute atomic E-state index is 5.75. The first-order chi connectivity index (χ1) is 9.99. The Labute approximate surface area is 136 Å². The minimum absolute atomic E-state index is 0.168. The quantitative estimate of drug-likeness (QED) is 0.802. The highest BCUT2D eigenvalue weighted by atomic mass is 79.9. The van der Waals surface area contributed by atoms with Crippen LogP contribution in [0, 0.1) is 5.41 Å². The highest BCUT2D eigenvalue weighted by Crippen LogP contribution is 2.44. The van der Waals surface area contributed by atoms with Crippen molar-refractivity contribution in [3.63, 3.8) is 0 Å². The zero-order valence-electron chi connectivity index (χ0n) is 13.5. The number of nitrogens with one attached hydrogen (secondary N) is 1. The Hall–Kier alpha value is -0.740. The van der Waals surface area contributed by atoms with Gasteiger partial charge in [0.05, 0.1) is 0 Å². The van der Waals surface area contributed by atoms with Gasteiger partial charge in [0.15, 0.2) is 11.5 Å². The lowest BCUT2D eigenvalue weighted by atomic mass is 9.78. The van der Waals surface area contributed by atoms with Crippen LogP contribution in [-0.4, -0.2) is 19.8 Å². The third kappa shape index (κ3) is 3.72. The minimum Gasteiger partial charge on any atom is -0.486 e. The van der Waals surface area contributed by atoms with Crippen LogP contribution in [0.4, 0.5) is 0 Å². The zero-order chi connectivity index (χ0) is 15.5. The van der Waals surface area contributed by atoms with Crippen LogP contribution in [0.5, 0.6) is 11.5 Å². The molecule has 1 unspecified atom stereocenters. The van der Waals surface area contributed by atoms with Gasteiger partial charge in [-0.1, -0.05) is 43.6 Å². The summed E-state index contributed by atoms with van der Waals surface area (Å²) in [6.07, 6.45) is 2.23. The first-order valence-electron chi connectivity index (χ1n) is 7.82. The number of hydrogen-bond acceptors (Lipinski definition) is 3. The van der Waals surface area contributed by atoms with Gasteiger partial charge >= 0.3 is 0 Å². The molecule has 0 radical (unpaired) electrons. The smallest absolute Gasteiger partial charge is 0.162 e. The van der Waals surface area contributed by atoms with E-state index < -0.39 is 0 Å². The van der Waals surface area contributed by atoms with Gasteiger partial charge in [0.25, 0.3) is 0 Å². The van der Waals surface area contributed by atoms with E-state index in [1.54, 1.807) is 0 Å². The second kappa shape index (κ2) is 7.01. The van der Waals surface area contributed by atoms with Crippen molar-refractivity contribution in [3.05, 3.63) is 22.2 Å². The first kappa shape index (κ1) is 16.6. The summed E-state index contributed by atoms with van der Waals surface area (Å²) < 4.78 is 12.5. The summed E-state index contributed by atoms with van der Waals surface area (Å²) in [4.78, 5) is 0. The van der Waals surface area contributed by atoms with Crippen LogP contribution in [0.1, 0.15) is 52.1 Å². The molecule has 0 spiro atoms. The molecule has 0 amide bonds. The summed E-state index contributed by atoms with van der Waals surface area (Å²) in [5, 5.41) is 3.70. The van der Waals surface area contributed by atoms with Crippen molar-refractivity contribution in [2.45, 2.75) is 46.6 Å². The second-order valence-electron chi connectivity index (χ2n) is 6.25. The van der Waals surface area contributed by atoms with Crippen molar-refractivity contribution in [3.8, 4) is 11.5 Å². The molecule has 4 heteroatoms. The number of halogens is 1. The molecule has 21 heavy (non-hydrogen) atoms. The van der Waals surface area contributed by atoms with Crippen LogP contribution in [0.15, 0.2) is 16.6 Å². The largest absolute Gasteiger partial charge is 0.486 e. The van der Waals surface area contributed by atoms with E-state index in [2.05, 4.69) is 55.0 Å². The molecule has 2 rings (SSSR count). The molecule has 1 aromatic rings. The maximum atomic E-state index is 5.75. The Bertz CT molecular complexity index is 488. The van der Waals surface area contributed by atoms with Crippen molar-refractivity contribution in [1.29, 1.82) is 0 Å². The number of benzene rings is 1. The molecule has 0 bridgehead atoms. The average molecular weight is 356 g/mol. The molecule has 0 aromatic heterocycles. The molecule has 0 saturated carbocycles. The van der Waals surface area contributed by atoms with Gasteiger partial charge in [-0.15, -0.1) is 0 Å². The number of hydrogen-bond donors (Lipinski definition) is 1. The van der Waals surface area contributed by atoms with E-state index in [4.69, 9.17) is 9.47 Å². The minimum atomic E-state index is 0.168. The normalized spacial score (nSPS) is 15.9. The van der Waals surface area contributed by atoms with Crippen molar-refractivity contribution in [1.82, 2.24) is 5.32 Å². The van der Waals surface area contributed by atoms with Gasteiger partial charge in [-0.3, -0.25) is 0 Å². The standard InChI is InChI=1S/C17H26BrNO2/c1-5-7-19-16(17(3,4)6-2)12-10-14-15(11-13(12)18)21-9-8-20-14/h10-11,16,19H,5-9H2,1-4H3. The summed E-state index contributed by atoms with van der Waals surface area (Å²) in [5.74, 6) is 1.69. The van der Waals surface area contributed by atoms with Gasteiger partial charge in [-0.25, -0.2) is 0 Å². The number of rotatable bonds is 6. The molecular weight excluding hydrogens is 330 g/mol. The van der Waals surface area contributed by atoms with Crippen LogP contribution in [0.25, 0.3) is 0 Å². The Morgan fingerprint density at radius 3 is 2.38 bits per heavy atom. The van der Waals surface area contributed by atoms with Crippen molar-refractivity contribution in [2.24, 2.45) is 5.41 Å². The fraction of sp³-hybridized carbons (Fsp3) is 0.647. The predicted molar refractivity (Wildman–Crippen MR) is 90.2 cm³/mol. The van der Waals surface area contributed by atoms with E-state index in [-0.39, 0.29) is 11.5 Å². The van der Waals surface area contributed by atoms with Gasteiger partial charge in [0.1, 0.15) is 13.2 Å². The van der Waals surface area contributed by atoms with Crippen LogP contribution < -0.4 is 14.8 Å². The van der Waals surface area contributed by atoms with Gasteiger partial charge in [-0.2, -0.15) is 0 Å². The van der Waals surface area contributed by atoms with E-state index in [0.29, 0.717) is 13.2 Å². The molecule has 0 fully saturated rings. The van der Waals surface area contributed by atoms with E-state index in [1.165, 1.54) is 5.56 Å². The second-order valence-corrected chi connectivity index (χ2v) is 7.10. The summed E-state index contributed by atoms with van der Waals surface area (Å²) in [6, 6.07) is 4.45. The molecule has 0 aliphatic carbocycles. The van der Waals surface area contributed by atoms with Gasteiger partial charge < -0.3 is 14.8 Å². The summed E-state index contributed by atoms with van der Waals surface area (Å²) in [6.45, 7) is 11.3. The van der Waals surface area contributed by atoms with Gasteiger partial charge in [0.2, 0.25) is 0 Å². The molecule has 1 atom stereocenters. The van der Waals surface area contributed by atoms with Crippen molar-refractivity contribution >= 4 is 15.9 Å². The third-order valence-corrected chi connectivity index (χ3v) is 4.95. The summed E-state index contributed by atoms with van der Waals surface area (Å²) in [7, 11) is 0. The lowest BCUT2D eigenvalue weighted by Crippen LogP contribution is -2.34. The molecular formula is C17H26BrNO2. The highest BCUT2D eigenvalue weighted by molar-refractivity contribution is 9.10. The van der Waals surface area contributed by atoms with E-state index in [9.17, 15) is 0 Å². The van der Waals surface area contributed by atoms with E-state index in [0.717, 1.165) is 35.4 Å². The Balaban J connectivity index is 2.39. The van der Waals surface area contributed by atoms with E-state index in [1.807, 2.05) is 6.07 Å². The number of ether oxygens (including phenoxy) is 2. The van der Waals surface area contributed by atoms with Crippen LogP contribution in [0.2, 0.25) is 0 Å². The molecule has 1 heterocycles. The fourth-order valence-corrected chi connectivity index (χ4v) is 3.15. The molecule has 118 valence electrons. The molecule has 1 aliphatic heterocycles. The Morgan fingerprint density at radius 2 is 1.81 bits per heavy atom. The molecule has 1 N–H and O–H groups in total. The Kier molecular flexibility index (Phi) is 5.55. The van der Waals surface area contributed by atoms with Crippen LogP contribution in [0.3, 0.4) is 0 Å². The third-order valence-electron chi connectivity index (χ3n) is 4.26. The summed E-state index contributed by atoms with van der Waals surface area (Å²) in [5.41, 5.74) is 1.42. The van der Waals surface area contributed by atoms with Gasteiger partial charge in [-0.05, 0) is 42.5 Å². The topological polar surface area (TPSA) is 30.5 Å². The number of fused-ring (bicyclic) bond motifs is 1. The fourth-order valence-electron chi connectivity index (χ4n) is 2.60. The van der Waals surface area contributed by atoms with Gasteiger partial charge in [0, 0.05) is 10.5 Å². The lowest BCUT2D eigenvalue weighted by Gasteiger charge is -2.36. The molecule has 3 nitrogen and oxygen atoms in total. The SMILES string of the molecule is CCCNC(c1cc2c(cc1Br)OCCO2)C(C)(C)CC. The van der Waals surface area contributed by atoms with Crippen LogP contribution in [-0.2, 0) is 0 Å². The molecule has 1 aliphatic rings. The highest BCUT2D eigenvalue weighted by Gasteiger charge is 2.31. The zero-order valence-corrected chi connectivity index (χ0v) is 15.0. The molecule has 1 aromatic carbocycles. The summed E-state index contributed by atoms with van der Waals surface area (Å²) >= 11 is 3.71.